The Labute approximate surface area is 190 Å². The van der Waals surface area contributed by atoms with Crippen molar-refractivity contribution < 1.29 is 4.79 Å². The van der Waals surface area contributed by atoms with Crippen molar-refractivity contribution in [2.24, 2.45) is 5.92 Å². The van der Waals surface area contributed by atoms with Crippen molar-refractivity contribution in [2.45, 2.75) is 59.0 Å². The Kier molecular flexibility index (Phi) is 6.80. The maximum absolute atomic E-state index is 12.9. The summed E-state index contributed by atoms with van der Waals surface area (Å²) in [5.41, 5.74) is 2.66. The molecule has 3 heterocycles. The summed E-state index contributed by atoms with van der Waals surface area (Å²) in [7, 11) is 0. The van der Waals surface area contributed by atoms with Gasteiger partial charge in [0.1, 0.15) is 11.6 Å². The van der Waals surface area contributed by atoms with Gasteiger partial charge in [-0.2, -0.15) is 0 Å². The number of anilines is 1. The highest BCUT2D eigenvalue weighted by molar-refractivity contribution is 5.88. The summed E-state index contributed by atoms with van der Waals surface area (Å²) < 4.78 is 0. The van der Waals surface area contributed by atoms with Gasteiger partial charge in [-0.05, 0) is 71.1 Å². The van der Waals surface area contributed by atoms with Crippen LogP contribution in [0, 0.1) is 5.92 Å². The third-order valence-corrected chi connectivity index (χ3v) is 6.22. The number of rotatable bonds is 7. The largest absolute Gasteiger partial charge is 0.367 e. The molecule has 1 N–H and O–H groups in total. The first kappa shape index (κ1) is 22.3. The van der Waals surface area contributed by atoms with Crippen molar-refractivity contribution in [2.75, 3.05) is 18.4 Å². The second kappa shape index (κ2) is 9.74. The lowest BCUT2D eigenvalue weighted by atomic mass is 9.89. The van der Waals surface area contributed by atoms with E-state index in [4.69, 9.17) is 4.98 Å². The number of hydrogen-bond acceptors (Lipinski definition) is 6. The quantitative estimate of drug-likeness (QED) is 0.582. The minimum atomic E-state index is 0.153. The summed E-state index contributed by atoms with van der Waals surface area (Å²) in [5, 5.41) is 5.42. The van der Waals surface area contributed by atoms with Gasteiger partial charge in [0.15, 0.2) is 0 Å². The number of fused-ring (bicyclic) bond motifs is 1. The van der Waals surface area contributed by atoms with E-state index in [2.05, 4.69) is 60.0 Å². The molecular weight excluding hydrogens is 398 g/mol. The van der Waals surface area contributed by atoms with Crippen molar-refractivity contribution in [3.05, 3.63) is 48.5 Å². The van der Waals surface area contributed by atoms with E-state index in [1.807, 2.05) is 18.3 Å². The van der Waals surface area contributed by atoms with Crippen molar-refractivity contribution in [1.82, 2.24) is 19.9 Å². The Balaban J connectivity index is 1.50. The molecule has 0 saturated carbocycles. The van der Waals surface area contributed by atoms with Gasteiger partial charge in [0.05, 0.1) is 18.1 Å². The number of ketones is 1. The molecule has 6 heteroatoms. The number of piperidine rings is 1. The first-order valence-electron chi connectivity index (χ1n) is 11.6. The standard InChI is InChI=1S/C26H33N5O/c1-17(2)29-26-16-27-15-24(30-26)20-5-6-21-14-28-23(12-22(21)11-20)13-25(32)19-7-9-31(10-8-19)18(3)4/h5-6,11-12,14-19H,7-10,13H2,1-4H3,(H,29,30). The highest BCUT2D eigenvalue weighted by Crippen LogP contribution is 2.25. The van der Waals surface area contributed by atoms with E-state index in [1.165, 1.54) is 0 Å². The summed E-state index contributed by atoms with van der Waals surface area (Å²) in [6.07, 6.45) is 7.69. The minimum Gasteiger partial charge on any atom is -0.367 e. The number of nitrogens with zero attached hydrogens (tertiary/aromatic N) is 4. The van der Waals surface area contributed by atoms with E-state index in [1.54, 1.807) is 12.4 Å². The highest BCUT2D eigenvalue weighted by Gasteiger charge is 2.26. The van der Waals surface area contributed by atoms with Gasteiger partial charge in [0, 0.05) is 47.3 Å². The lowest BCUT2D eigenvalue weighted by Crippen LogP contribution is -2.40. The topological polar surface area (TPSA) is 71.0 Å². The Morgan fingerprint density at radius 2 is 1.84 bits per heavy atom. The number of hydrogen-bond donors (Lipinski definition) is 1. The lowest BCUT2D eigenvalue weighted by molar-refractivity contribution is -0.123. The smallest absolute Gasteiger partial charge is 0.145 e. The third kappa shape index (κ3) is 5.30. The molecule has 0 unspecified atom stereocenters. The van der Waals surface area contributed by atoms with Crippen LogP contribution in [0.1, 0.15) is 46.2 Å². The van der Waals surface area contributed by atoms with E-state index in [9.17, 15) is 4.79 Å². The normalized spacial score (nSPS) is 15.6. The highest BCUT2D eigenvalue weighted by atomic mass is 16.1. The van der Waals surface area contributed by atoms with E-state index >= 15 is 0 Å². The molecule has 6 nitrogen and oxygen atoms in total. The number of nitrogens with one attached hydrogen (secondary N) is 1. The van der Waals surface area contributed by atoms with Crippen molar-refractivity contribution >= 4 is 22.4 Å². The van der Waals surface area contributed by atoms with Crippen LogP contribution in [0.2, 0.25) is 0 Å². The Bertz CT molecular complexity index is 1090. The van der Waals surface area contributed by atoms with Gasteiger partial charge < -0.3 is 10.2 Å². The van der Waals surface area contributed by atoms with E-state index < -0.39 is 0 Å². The number of Topliss-reactive ketones (excluding diaryl/α,β-unsaturated/α-hetero) is 1. The summed E-state index contributed by atoms with van der Waals surface area (Å²) in [6.45, 7) is 10.6. The summed E-state index contributed by atoms with van der Waals surface area (Å²) in [5.74, 6) is 1.23. The molecular formula is C26H33N5O. The molecule has 3 aromatic rings. The molecule has 1 aliphatic rings. The zero-order chi connectivity index (χ0) is 22.7. The van der Waals surface area contributed by atoms with Gasteiger partial charge >= 0.3 is 0 Å². The van der Waals surface area contributed by atoms with Crippen LogP contribution in [0.4, 0.5) is 5.82 Å². The Morgan fingerprint density at radius 3 is 2.56 bits per heavy atom. The van der Waals surface area contributed by atoms with Crippen molar-refractivity contribution in [3.8, 4) is 11.3 Å². The van der Waals surface area contributed by atoms with Crippen LogP contribution in [0.5, 0.6) is 0 Å². The molecule has 1 saturated heterocycles. The zero-order valence-electron chi connectivity index (χ0n) is 19.5. The predicted molar refractivity (Wildman–Crippen MR) is 130 cm³/mol. The number of likely N-dealkylation sites (tertiary alicyclic amines) is 1. The fourth-order valence-electron chi connectivity index (χ4n) is 4.37. The molecule has 168 valence electrons. The van der Waals surface area contributed by atoms with Crippen LogP contribution >= 0.6 is 0 Å². The Morgan fingerprint density at radius 1 is 1.06 bits per heavy atom. The van der Waals surface area contributed by atoms with E-state index in [0.29, 0.717) is 24.3 Å². The summed E-state index contributed by atoms with van der Waals surface area (Å²) >= 11 is 0. The Hall–Kier alpha value is -2.86. The molecule has 32 heavy (non-hydrogen) atoms. The molecule has 1 aromatic carbocycles. The van der Waals surface area contributed by atoms with Crippen molar-refractivity contribution in [3.63, 3.8) is 0 Å². The summed E-state index contributed by atoms with van der Waals surface area (Å²) in [6, 6.07) is 9.09. The van der Waals surface area contributed by atoms with Crippen LogP contribution in [0.15, 0.2) is 42.9 Å². The molecule has 0 bridgehead atoms. The van der Waals surface area contributed by atoms with Crippen LogP contribution in [0.3, 0.4) is 0 Å². The van der Waals surface area contributed by atoms with Gasteiger partial charge in [-0.1, -0.05) is 12.1 Å². The molecule has 0 spiro atoms. The van der Waals surface area contributed by atoms with Gasteiger partial charge in [0.25, 0.3) is 0 Å². The average Bonchev–Trinajstić information content (AvgIpc) is 2.78. The maximum atomic E-state index is 12.9. The van der Waals surface area contributed by atoms with Gasteiger partial charge in [-0.15, -0.1) is 0 Å². The van der Waals surface area contributed by atoms with Gasteiger partial charge in [-0.3, -0.25) is 14.8 Å². The number of carbonyl (C=O) groups excluding carboxylic acids is 1. The fourth-order valence-corrected chi connectivity index (χ4v) is 4.37. The second-order valence-corrected chi connectivity index (χ2v) is 9.37. The number of aromatic nitrogens is 3. The minimum absolute atomic E-state index is 0.153. The molecule has 0 radical (unpaired) electrons. The lowest BCUT2D eigenvalue weighted by Gasteiger charge is -2.33. The van der Waals surface area contributed by atoms with Crippen LogP contribution in [-0.2, 0) is 11.2 Å². The zero-order valence-corrected chi connectivity index (χ0v) is 19.5. The van der Waals surface area contributed by atoms with Crippen LogP contribution < -0.4 is 5.32 Å². The summed E-state index contributed by atoms with van der Waals surface area (Å²) in [4.78, 5) is 29.0. The SMILES string of the molecule is CC(C)Nc1cncc(-c2ccc3cnc(CC(=O)C4CCN(C(C)C)CC4)cc3c2)n1. The fraction of sp³-hybridized carbons (Fsp3) is 0.462. The predicted octanol–water partition coefficient (Wildman–Crippen LogP) is 4.74. The molecule has 4 rings (SSSR count). The van der Waals surface area contributed by atoms with E-state index in [0.717, 1.165) is 59.5 Å². The first-order valence-corrected chi connectivity index (χ1v) is 11.6. The van der Waals surface area contributed by atoms with Gasteiger partial charge in [-0.25, -0.2) is 4.98 Å². The number of carbonyl (C=O) groups is 1. The average molecular weight is 432 g/mol. The monoisotopic (exact) mass is 431 g/mol. The first-order chi connectivity index (χ1) is 15.4. The molecule has 0 aliphatic carbocycles. The molecule has 1 fully saturated rings. The molecule has 0 atom stereocenters. The second-order valence-electron chi connectivity index (χ2n) is 9.37. The van der Waals surface area contributed by atoms with Gasteiger partial charge in [0.2, 0.25) is 0 Å². The van der Waals surface area contributed by atoms with Crippen LogP contribution in [-0.4, -0.2) is 50.8 Å². The number of benzene rings is 1. The molecule has 2 aromatic heterocycles. The maximum Gasteiger partial charge on any atom is 0.145 e. The third-order valence-electron chi connectivity index (χ3n) is 6.22. The van der Waals surface area contributed by atoms with E-state index in [-0.39, 0.29) is 5.92 Å². The molecule has 0 amide bonds. The van der Waals surface area contributed by atoms with Crippen LogP contribution in [0.25, 0.3) is 22.0 Å². The number of pyridine rings is 1. The molecule has 1 aliphatic heterocycles. The van der Waals surface area contributed by atoms with Crippen molar-refractivity contribution in [1.29, 1.82) is 0 Å².